The number of anilines is 3. The molecule has 0 atom stereocenters. The molecule has 0 radical (unpaired) electrons. The summed E-state index contributed by atoms with van der Waals surface area (Å²) in [5.41, 5.74) is 1.94. The van der Waals surface area contributed by atoms with Gasteiger partial charge in [0.1, 0.15) is 5.82 Å². The minimum atomic E-state index is -1.12. The van der Waals surface area contributed by atoms with Gasteiger partial charge < -0.3 is 15.5 Å². The Labute approximate surface area is 131 Å². The van der Waals surface area contributed by atoms with Crippen molar-refractivity contribution in [3.63, 3.8) is 0 Å². The number of thioether (sulfide) groups is 1. The largest absolute Gasteiger partial charge is 0.465 e. The summed E-state index contributed by atoms with van der Waals surface area (Å²) in [6.07, 6.45) is 2.87. The van der Waals surface area contributed by atoms with Crippen LogP contribution in [0.15, 0.2) is 35.6 Å². The third-order valence-corrected chi connectivity index (χ3v) is 3.34. The SMILES string of the molecule is CSc1ncc(CCO)c(Nc2cccc(NC(=O)O)c2)n1. The predicted molar refractivity (Wildman–Crippen MR) is 86.0 cm³/mol. The molecule has 4 N–H and O–H groups in total. The summed E-state index contributed by atoms with van der Waals surface area (Å²) in [5, 5.41) is 23.9. The zero-order valence-electron chi connectivity index (χ0n) is 11.9. The topological polar surface area (TPSA) is 107 Å². The summed E-state index contributed by atoms with van der Waals surface area (Å²) >= 11 is 1.42. The Bertz CT molecular complexity index is 666. The Morgan fingerprint density at radius 1 is 1.36 bits per heavy atom. The van der Waals surface area contributed by atoms with Crippen molar-refractivity contribution in [1.29, 1.82) is 0 Å². The number of carbonyl (C=O) groups is 1. The number of aliphatic hydroxyl groups is 1. The molecule has 1 aromatic heterocycles. The minimum absolute atomic E-state index is 0.00271. The molecule has 0 unspecified atom stereocenters. The number of benzene rings is 1. The van der Waals surface area contributed by atoms with Crippen molar-refractivity contribution in [3.8, 4) is 0 Å². The van der Waals surface area contributed by atoms with Gasteiger partial charge in [0.05, 0.1) is 0 Å². The molecule has 0 saturated heterocycles. The Kier molecular flexibility index (Phi) is 5.56. The maximum Gasteiger partial charge on any atom is 0.409 e. The van der Waals surface area contributed by atoms with Crippen molar-refractivity contribution in [2.75, 3.05) is 23.5 Å². The van der Waals surface area contributed by atoms with Crippen LogP contribution in [-0.2, 0) is 6.42 Å². The van der Waals surface area contributed by atoms with Gasteiger partial charge in [0, 0.05) is 36.2 Å². The minimum Gasteiger partial charge on any atom is -0.465 e. The molecule has 8 heteroatoms. The Hall–Kier alpha value is -2.32. The number of aromatic nitrogens is 2. The summed E-state index contributed by atoms with van der Waals surface area (Å²) in [4.78, 5) is 19.3. The normalized spacial score (nSPS) is 10.3. The zero-order chi connectivity index (χ0) is 15.9. The van der Waals surface area contributed by atoms with E-state index < -0.39 is 6.09 Å². The van der Waals surface area contributed by atoms with Crippen molar-refractivity contribution in [1.82, 2.24) is 9.97 Å². The van der Waals surface area contributed by atoms with Gasteiger partial charge in [-0.3, -0.25) is 5.32 Å². The first-order valence-corrected chi connectivity index (χ1v) is 7.72. The maximum absolute atomic E-state index is 10.7. The van der Waals surface area contributed by atoms with Gasteiger partial charge >= 0.3 is 6.09 Å². The molecule has 0 fully saturated rings. The lowest BCUT2D eigenvalue weighted by atomic mass is 10.2. The molecule has 0 aliphatic rings. The molecule has 0 saturated carbocycles. The number of amides is 1. The van der Waals surface area contributed by atoms with Crippen LogP contribution >= 0.6 is 11.8 Å². The second-order valence-corrected chi connectivity index (χ2v) is 5.11. The summed E-state index contributed by atoms with van der Waals surface area (Å²) in [6, 6.07) is 6.85. The highest BCUT2D eigenvalue weighted by Crippen LogP contribution is 2.23. The van der Waals surface area contributed by atoms with E-state index in [2.05, 4.69) is 20.6 Å². The molecule has 2 aromatic rings. The van der Waals surface area contributed by atoms with E-state index in [9.17, 15) is 4.79 Å². The molecule has 7 nitrogen and oxygen atoms in total. The third kappa shape index (κ3) is 4.34. The van der Waals surface area contributed by atoms with Crippen LogP contribution in [0.5, 0.6) is 0 Å². The van der Waals surface area contributed by atoms with Gasteiger partial charge in [0.25, 0.3) is 0 Å². The van der Waals surface area contributed by atoms with Gasteiger partial charge in [-0.15, -0.1) is 0 Å². The Morgan fingerprint density at radius 3 is 2.82 bits per heavy atom. The fourth-order valence-corrected chi connectivity index (χ4v) is 2.18. The van der Waals surface area contributed by atoms with E-state index in [4.69, 9.17) is 10.2 Å². The number of aliphatic hydroxyl groups excluding tert-OH is 1. The Balaban J connectivity index is 2.27. The summed E-state index contributed by atoms with van der Waals surface area (Å²) in [6.45, 7) is -0.00271. The highest BCUT2D eigenvalue weighted by Gasteiger charge is 2.08. The van der Waals surface area contributed by atoms with E-state index in [1.54, 1.807) is 30.5 Å². The second-order valence-electron chi connectivity index (χ2n) is 4.34. The highest BCUT2D eigenvalue weighted by molar-refractivity contribution is 7.98. The maximum atomic E-state index is 10.7. The smallest absolute Gasteiger partial charge is 0.409 e. The standard InChI is InChI=1S/C14H16N4O3S/c1-22-13-15-8-9(5-6-19)12(18-13)16-10-3-2-4-11(7-10)17-14(20)21/h2-4,7-8,17,19H,5-6H2,1H3,(H,20,21)(H,15,16,18). The van der Waals surface area contributed by atoms with Crippen LogP contribution in [0, 0.1) is 0 Å². The molecule has 0 aliphatic heterocycles. The van der Waals surface area contributed by atoms with Crippen LogP contribution in [0.1, 0.15) is 5.56 Å². The fourth-order valence-electron chi connectivity index (χ4n) is 1.84. The van der Waals surface area contributed by atoms with Crippen LogP contribution in [0.4, 0.5) is 22.0 Å². The molecule has 1 heterocycles. The fraction of sp³-hybridized carbons (Fsp3) is 0.214. The number of hydrogen-bond donors (Lipinski definition) is 4. The molecule has 116 valence electrons. The lowest BCUT2D eigenvalue weighted by molar-refractivity contribution is 0.210. The van der Waals surface area contributed by atoms with Gasteiger partial charge in [-0.1, -0.05) is 17.8 Å². The summed E-state index contributed by atoms with van der Waals surface area (Å²) < 4.78 is 0. The van der Waals surface area contributed by atoms with Gasteiger partial charge in [0.2, 0.25) is 0 Å². The lowest BCUT2D eigenvalue weighted by Gasteiger charge is -2.12. The summed E-state index contributed by atoms with van der Waals surface area (Å²) in [7, 11) is 0. The zero-order valence-corrected chi connectivity index (χ0v) is 12.7. The van der Waals surface area contributed by atoms with Crippen molar-refractivity contribution in [3.05, 3.63) is 36.0 Å². The van der Waals surface area contributed by atoms with E-state index in [-0.39, 0.29) is 6.61 Å². The van der Waals surface area contributed by atoms with Crippen molar-refractivity contribution in [2.24, 2.45) is 0 Å². The lowest BCUT2D eigenvalue weighted by Crippen LogP contribution is -2.08. The van der Waals surface area contributed by atoms with Crippen molar-refractivity contribution in [2.45, 2.75) is 11.6 Å². The first-order chi connectivity index (χ1) is 10.6. The first kappa shape index (κ1) is 16.1. The molecule has 0 bridgehead atoms. The molecule has 0 spiro atoms. The first-order valence-electron chi connectivity index (χ1n) is 6.50. The average Bonchev–Trinajstić information content (AvgIpc) is 2.49. The third-order valence-electron chi connectivity index (χ3n) is 2.78. The highest BCUT2D eigenvalue weighted by atomic mass is 32.2. The van der Waals surface area contributed by atoms with Crippen molar-refractivity contribution >= 4 is 35.0 Å². The number of rotatable bonds is 6. The van der Waals surface area contributed by atoms with Crippen LogP contribution in [0.25, 0.3) is 0 Å². The molecular weight excluding hydrogens is 304 g/mol. The molecule has 2 rings (SSSR count). The van der Waals surface area contributed by atoms with E-state index in [1.165, 1.54) is 11.8 Å². The van der Waals surface area contributed by atoms with Gasteiger partial charge in [-0.05, 0) is 24.5 Å². The van der Waals surface area contributed by atoms with Crippen LogP contribution < -0.4 is 10.6 Å². The monoisotopic (exact) mass is 320 g/mol. The Morgan fingerprint density at radius 2 is 2.14 bits per heavy atom. The number of carboxylic acid groups (broad SMARTS) is 1. The predicted octanol–water partition coefficient (Wildman–Crippen LogP) is 2.57. The van der Waals surface area contributed by atoms with E-state index in [1.807, 2.05) is 6.26 Å². The molecule has 0 aliphatic carbocycles. The molecule has 1 amide bonds. The second kappa shape index (κ2) is 7.62. The number of nitrogens with zero attached hydrogens (tertiary/aromatic N) is 2. The van der Waals surface area contributed by atoms with Crippen LogP contribution in [-0.4, -0.2) is 39.1 Å². The van der Waals surface area contributed by atoms with Crippen molar-refractivity contribution < 1.29 is 15.0 Å². The average molecular weight is 320 g/mol. The number of nitrogens with one attached hydrogen (secondary N) is 2. The summed E-state index contributed by atoms with van der Waals surface area (Å²) in [5.74, 6) is 0.598. The molecular formula is C14H16N4O3S. The number of hydrogen-bond acceptors (Lipinski definition) is 6. The van der Waals surface area contributed by atoms with Gasteiger partial charge in [0.15, 0.2) is 5.16 Å². The molecule has 1 aromatic carbocycles. The van der Waals surface area contributed by atoms with Gasteiger partial charge in [-0.25, -0.2) is 14.8 Å². The van der Waals surface area contributed by atoms with E-state index in [0.717, 1.165) is 5.56 Å². The molecule has 22 heavy (non-hydrogen) atoms. The van der Waals surface area contributed by atoms with Crippen LogP contribution in [0.2, 0.25) is 0 Å². The van der Waals surface area contributed by atoms with E-state index >= 15 is 0 Å². The quantitative estimate of drug-likeness (QED) is 0.478. The van der Waals surface area contributed by atoms with Crippen LogP contribution in [0.3, 0.4) is 0 Å². The van der Waals surface area contributed by atoms with E-state index in [0.29, 0.717) is 28.8 Å². The van der Waals surface area contributed by atoms with Gasteiger partial charge in [-0.2, -0.15) is 0 Å².